The number of hydrogen-bond donors (Lipinski definition) is 1. The van der Waals surface area contributed by atoms with E-state index in [1.165, 1.54) is 0 Å². The number of aryl methyl sites for hydroxylation is 1. The lowest BCUT2D eigenvalue weighted by Crippen LogP contribution is -2.00. The van der Waals surface area contributed by atoms with Gasteiger partial charge in [-0.3, -0.25) is 0 Å². The number of aromatic nitrogens is 1. The van der Waals surface area contributed by atoms with Crippen LogP contribution in [0.5, 0.6) is 0 Å². The van der Waals surface area contributed by atoms with Gasteiger partial charge in [0.1, 0.15) is 11.5 Å². The molecule has 2 aromatic heterocycles. The van der Waals surface area contributed by atoms with Gasteiger partial charge in [-0.05, 0) is 67.6 Å². The maximum absolute atomic E-state index is 11.7. The van der Waals surface area contributed by atoms with E-state index >= 15 is 0 Å². The van der Waals surface area contributed by atoms with E-state index in [2.05, 4.69) is 4.98 Å². The number of carbonyl (C=O) groups is 1. The Kier molecular flexibility index (Phi) is 5.14. The molecule has 1 N–H and O–H groups in total. The zero-order chi connectivity index (χ0) is 20.5. The van der Waals surface area contributed by atoms with Crippen molar-refractivity contribution in [2.45, 2.75) is 6.92 Å². The fraction of sp³-hybridized carbons (Fsp3) is 0.0435. The van der Waals surface area contributed by atoms with E-state index in [0.717, 1.165) is 5.56 Å². The molecule has 4 aromatic rings. The van der Waals surface area contributed by atoms with Gasteiger partial charge in [-0.25, -0.2) is 9.78 Å². The molecule has 0 spiro atoms. The maximum Gasteiger partial charge on any atom is 0.336 e. The number of nitrogens with zero attached hydrogens (tertiary/aromatic N) is 1. The number of carboxylic acids is 1. The molecule has 0 aliphatic rings. The van der Waals surface area contributed by atoms with E-state index in [1.807, 2.05) is 25.1 Å². The van der Waals surface area contributed by atoms with E-state index in [0.29, 0.717) is 43.7 Å². The van der Waals surface area contributed by atoms with Gasteiger partial charge in [0, 0.05) is 16.0 Å². The minimum atomic E-state index is -0.992. The number of rotatable bonds is 4. The van der Waals surface area contributed by atoms with E-state index in [4.69, 9.17) is 27.6 Å². The van der Waals surface area contributed by atoms with E-state index in [9.17, 15) is 9.90 Å². The highest BCUT2D eigenvalue weighted by molar-refractivity contribution is 6.35. The fourth-order valence-electron chi connectivity index (χ4n) is 3.06. The van der Waals surface area contributed by atoms with Crippen LogP contribution < -0.4 is 0 Å². The molecular formula is C23H15Cl2NO3. The lowest BCUT2D eigenvalue weighted by Gasteiger charge is -2.05. The summed E-state index contributed by atoms with van der Waals surface area (Å²) in [5.41, 5.74) is 3.04. The molecule has 0 saturated carbocycles. The number of pyridine rings is 1. The number of halogens is 2. The van der Waals surface area contributed by atoms with Crippen molar-refractivity contribution >= 4 is 52.2 Å². The SMILES string of the molecule is Cc1ccc2nc(/C=C/c3ccc(-c4cc(Cl)ccc4Cl)o3)cc(C(=O)O)c2c1. The topological polar surface area (TPSA) is 63.3 Å². The molecule has 4 nitrogen and oxygen atoms in total. The van der Waals surface area contributed by atoms with Gasteiger partial charge in [0.25, 0.3) is 0 Å². The molecule has 144 valence electrons. The first-order valence-corrected chi connectivity index (χ1v) is 9.54. The summed E-state index contributed by atoms with van der Waals surface area (Å²) in [7, 11) is 0. The van der Waals surface area contributed by atoms with Crippen LogP contribution in [0.3, 0.4) is 0 Å². The number of carboxylic acid groups (broad SMARTS) is 1. The van der Waals surface area contributed by atoms with Crippen LogP contribution in [-0.2, 0) is 0 Å². The highest BCUT2D eigenvalue weighted by Crippen LogP contribution is 2.32. The number of furan rings is 1. The molecule has 0 saturated heterocycles. The Labute approximate surface area is 177 Å². The Balaban J connectivity index is 1.69. The summed E-state index contributed by atoms with van der Waals surface area (Å²) < 4.78 is 5.83. The normalized spacial score (nSPS) is 11.4. The Morgan fingerprint density at radius 2 is 1.86 bits per heavy atom. The van der Waals surface area contributed by atoms with Gasteiger partial charge < -0.3 is 9.52 Å². The summed E-state index contributed by atoms with van der Waals surface area (Å²) in [6.07, 6.45) is 3.45. The minimum absolute atomic E-state index is 0.212. The minimum Gasteiger partial charge on any atom is -0.478 e. The van der Waals surface area contributed by atoms with Crippen molar-refractivity contribution in [2.24, 2.45) is 0 Å². The first kappa shape index (κ1) is 19.2. The molecule has 0 unspecified atom stereocenters. The van der Waals surface area contributed by atoms with Crippen LogP contribution in [0.25, 0.3) is 34.4 Å². The summed E-state index contributed by atoms with van der Waals surface area (Å²) in [6.45, 7) is 1.92. The monoisotopic (exact) mass is 423 g/mol. The second-order valence-electron chi connectivity index (χ2n) is 6.58. The number of fused-ring (bicyclic) bond motifs is 1. The molecule has 0 bridgehead atoms. The molecule has 0 aliphatic heterocycles. The van der Waals surface area contributed by atoms with Gasteiger partial charge in [0.2, 0.25) is 0 Å². The first-order chi connectivity index (χ1) is 13.9. The molecule has 0 aliphatic carbocycles. The third-order valence-electron chi connectivity index (χ3n) is 4.45. The van der Waals surface area contributed by atoms with Gasteiger partial charge in [-0.15, -0.1) is 0 Å². The molecule has 0 atom stereocenters. The molecule has 0 amide bonds. The predicted molar refractivity (Wildman–Crippen MR) is 117 cm³/mol. The molecule has 2 aromatic carbocycles. The number of hydrogen-bond acceptors (Lipinski definition) is 3. The third kappa shape index (κ3) is 4.04. The Hall–Kier alpha value is -3.08. The number of aromatic carboxylic acids is 1. The highest BCUT2D eigenvalue weighted by Gasteiger charge is 2.12. The maximum atomic E-state index is 11.7. The zero-order valence-corrected chi connectivity index (χ0v) is 16.8. The Bertz CT molecular complexity index is 1270. The highest BCUT2D eigenvalue weighted by atomic mass is 35.5. The van der Waals surface area contributed by atoms with Gasteiger partial charge in [0.15, 0.2) is 0 Å². The molecule has 6 heteroatoms. The van der Waals surface area contributed by atoms with Crippen molar-refractivity contribution < 1.29 is 14.3 Å². The van der Waals surface area contributed by atoms with Gasteiger partial charge in [0.05, 0.1) is 21.8 Å². The molecular weight excluding hydrogens is 409 g/mol. The first-order valence-electron chi connectivity index (χ1n) is 8.79. The zero-order valence-electron chi connectivity index (χ0n) is 15.3. The van der Waals surface area contributed by atoms with Crippen LogP contribution in [-0.4, -0.2) is 16.1 Å². The average Bonchev–Trinajstić information content (AvgIpc) is 3.16. The van der Waals surface area contributed by atoms with Crippen molar-refractivity contribution in [3.8, 4) is 11.3 Å². The van der Waals surface area contributed by atoms with Crippen LogP contribution in [0.15, 0.2) is 59.0 Å². The van der Waals surface area contributed by atoms with E-state index in [-0.39, 0.29) is 5.56 Å². The lowest BCUT2D eigenvalue weighted by atomic mass is 10.1. The molecule has 29 heavy (non-hydrogen) atoms. The lowest BCUT2D eigenvalue weighted by molar-refractivity contribution is 0.0699. The third-order valence-corrected chi connectivity index (χ3v) is 5.02. The van der Waals surface area contributed by atoms with Crippen molar-refractivity contribution in [3.05, 3.63) is 87.2 Å². The standard InChI is InChI=1S/C23H15Cl2NO3/c1-13-2-8-21-17(10-13)18(23(27)28)12-15(26-21)4-5-16-6-9-22(29-16)19-11-14(24)3-7-20(19)25/h2-12H,1H3,(H,27,28)/b5-4+. The van der Waals surface area contributed by atoms with Gasteiger partial charge >= 0.3 is 5.97 Å². The second-order valence-corrected chi connectivity index (χ2v) is 7.42. The summed E-state index contributed by atoms with van der Waals surface area (Å²) in [6, 6.07) is 15.9. The smallest absolute Gasteiger partial charge is 0.336 e. The van der Waals surface area contributed by atoms with Crippen molar-refractivity contribution in [2.75, 3.05) is 0 Å². The van der Waals surface area contributed by atoms with E-state index in [1.54, 1.807) is 48.6 Å². The largest absolute Gasteiger partial charge is 0.478 e. The van der Waals surface area contributed by atoms with Crippen molar-refractivity contribution in [1.29, 1.82) is 0 Å². The van der Waals surface area contributed by atoms with Crippen LogP contribution in [0.4, 0.5) is 0 Å². The molecule has 0 radical (unpaired) electrons. The predicted octanol–water partition coefficient (Wildman–Crippen LogP) is 6.98. The summed E-state index contributed by atoms with van der Waals surface area (Å²) in [4.78, 5) is 16.2. The Morgan fingerprint density at radius 3 is 2.66 bits per heavy atom. The quantitative estimate of drug-likeness (QED) is 0.384. The van der Waals surface area contributed by atoms with Crippen LogP contribution in [0.1, 0.15) is 27.4 Å². The van der Waals surface area contributed by atoms with Gasteiger partial charge in [-0.2, -0.15) is 0 Å². The van der Waals surface area contributed by atoms with Crippen molar-refractivity contribution in [1.82, 2.24) is 4.98 Å². The average molecular weight is 424 g/mol. The summed E-state index contributed by atoms with van der Waals surface area (Å²) in [5, 5.41) is 11.3. The van der Waals surface area contributed by atoms with Gasteiger partial charge in [-0.1, -0.05) is 34.8 Å². The summed E-state index contributed by atoms with van der Waals surface area (Å²) >= 11 is 12.3. The van der Waals surface area contributed by atoms with Crippen LogP contribution in [0.2, 0.25) is 10.0 Å². The van der Waals surface area contributed by atoms with Crippen LogP contribution >= 0.6 is 23.2 Å². The Morgan fingerprint density at radius 1 is 1.03 bits per heavy atom. The molecule has 0 fully saturated rings. The molecule has 2 heterocycles. The number of benzene rings is 2. The van der Waals surface area contributed by atoms with Crippen molar-refractivity contribution in [3.63, 3.8) is 0 Å². The van der Waals surface area contributed by atoms with E-state index < -0.39 is 5.97 Å². The van der Waals surface area contributed by atoms with Crippen LogP contribution in [0, 0.1) is 6.92 Å². The molecule has 4 rings (SSSR count). The second kappa shape index (κ2) is 7.74. The summed E-state index contributed by atoms with van der Waals surface area (Å²) in [5.74, 6) is 0.178. The fourth-order valence-corrected chi connectivity index (χ4v) is 3.45.